The van der Waals surface area contributed by atoms with Gasteiger partial charge in [0.1, 0.15) is 5.75 Å². The molecule has 0 aliphatic carbocycles. The lowest BCUT2D eigenvalue weighted by atomic mass is 10.2. The number of methoxy groups -OCH3 is 2. The van der Waals surface area contributed by atoms with Crippen molar-refractivity contribution in [1.29, 1.82) is 0 Å². The maximum Gasteiger partial charge on any atom is 0.264 e. The minimum Gasteiger partial charge on any atom is -0.497 e. The minimum absolute atomic E-state index is 0.240. The third-order valence-corrected chi connectivity index (χ3v) is 4.72. The number of nitrogens with one attached hydrogen (secondary N) is 1. The summed E-state index contributed by atoms with van der Waals surface area (Å²) >= 11 is 1.24. The van der Waals surface area contributed by atoms with Crippen LogP contribution in [0.4, 0.5) is 5.69 Å². The van der Waals surface area contributed by atoms with Gasteiger partial charge in [-0.2, -0.15) is 0 Å². The number of thioether (sulfide) groups is 1. The lowest BCUT2D eigenvalue weighted by Gasteiger charge is -2.10. The van der Waals surface area contributed by atoms with Crippen molar-refractivity contribution in [3.8, 4) is 17.2 Å². The molecule has 0 radical (unpaired) electrons. The molecule has 3 N–H and O–H groups in total. The van der Waals surface area contributed by atoms with Crippen LogP contribution in [0.25, 0.3) is 6.08 Å². The van der Waals surface area contributed by atoms with E-state index in [1.807, 2.05) is 0 Å². The molecule has 1 heterocycles. The zero-order valence-corrected chi connectivity index (χ0v) is 16.6. The van der Waals surface area contributed by atoms with E-state index in [0.717, 1.165) is 11.3 Å². The number of primary amides is 1. The van der Waals surface area contributed by atoms with Crippen molar-refractivity contribution < 1.29 is 23.8 Å². The average Bonchev–Trinajstić information content (AvgIpc) is 3.06. The monoisotopic (exact) mass is 413 g/mol. The zero-order valence-electron chi connectivity index (χ0n) is 15.8. The molecule has 2 amide bonds. The molecular weight excluding hydrogens is 394 g/mol. The second-order valence-electron chi connectivity index (χ2n) is 5.85. The maximum atomic E-state index is 12.3. The van der Waals surface area contributed by atoms with Crippen LogP contribution in [-0.2, 0) is 9.59 Å². The SMILES string of the molecule is COc1ccc(N=C2NC(=O)/C(=C\c3ccc(OCC(N)=O)c(OC)c3)S2)cc1. The third kappa shape index (κ3) is 5.29. The molecule has 2 aromatic carbocycles. The zero-order chi connectivity index (χ0) is 20.8. The fraction of sp³-hybridized carbons (Fsp3) is 0.150. The van der Waals surface area contributed by atoms with Gasteiger partial charge in [0.05, 0.1) is 24.8 Å². The molecule has 29 heavy (non-hydrogen) atoms. The Bertz CT molecular complexity index is 986. The Morgan fingerprint density at radius 3 is 2.55 bits per heavy atom. The number of amidine groups is 1. The number of hydrogen-bond donors (Lipinski definition) is 2. The summed E-state index contributed by atoms with van der Waals surface area (Å²) in [5, 5.41) is 3.23. The van der Waals surface area contributed by atoms with Crippen molar-refractivity contribution in [3.63, 3.8) is 0 Å². The maximum absolute atomic E-state index is 12.3. The quantitative estimate of drug-likeness (QED) is 0.675. The van der Waals surface area contributed by atoms with E-state index in [9.17, 15) is 9.59 Å². The van der Waals surface area contributed by atoms with Crippen LogP contribution in [0.15, 0.2) is 52.4 Å². The first-order chi connectivity index (χ1) is 14.0. The van der Waals surface area contributed by atoms with E-state index in [-0.39, 0.29) is 12.5 Å². The van der Waals surface area contributed by atoms with Crippen LogP contribution >= 0.6 is 11.8 Å². The van der Waals surface area contributed by atoms with Crippen molar-refractivity contribution in [2.75, 3.05) is 20.8 Å². The summed E-state index contributed by atoms with van der Waals surface area (Å²) in [4.78, 5) is 28.1. The Kier molecular flexibility index (Phi) is 6.40. The van der Waals surface area contributed by atoms with E-state index in [4.69, 9.17) is 19.9 Å². The normalized spacial score (nSPS) is 16.0. The second kappa shape index (κ2) is 9.16. The molecule has 0 bridgehead atoms. The van der Waals surface area contributed by atoms with Gasteiger partial charge in [-0.3, -0.25) is 9.59 Å². The average molecular weight is 413 g/mol. The highest BCUT2D eigenvalue weighted by atomic mass is 32.2. The number of rotatable bonds is 7. The van der Waals surface area contributed by atoms with Crippen LogP contribution in [0, 0.1) is 0 Å². The van der Waals surface area contributed by atoms with Crippen molar-refractivity contribution in [1.82, 2.24) is 5.32 Å². The molecule has 0 spiro atoms. The van der Waals surface area contributed by atoms with Gasteiger partial charge in [-0.15, -0.1) is 0 Å². The summed E-state index contributed by atoms with van der Waals surface area (Å²) < 4.78 is 15.7. The third-order valence-electron chi connectivity index (χ3n) is 3.81. The van der Waals surface area contributed by atoms with Gasteiger partial charge in [0.2, 0.25) is 0 Å². The molecule has 0 saturated carbocycles. The second-order valence-corrected chi connectivity index (χ2v) is 6.88. The summed E-state index contributed by atoms with van der Waals surface area (Å²) in [6, 6.07) is 12.3. The van der Waals surface area contributed by atoms with Gasteiger partial charge < -0.3 is 25.3 Å². The van der Waals surface area contributed by atoms with Crippen LogP contribution < -0.4 is 25.3 Å². The largest absolute Gasteiger partial charge is 0.497 e. The van der Waals surface area contributed by atoms with E-state index in [1.54, 1.807) is 55.7 Å². The molecule has 8 nitrogen and oxygen atoms in total. The van der Waals surface area contributed by atoms with Gasteiger partial charge in [0.15, 0.2) is 23.3 Å². The first kappa shape index (κ1) is 20.3. The summed E-state index contributed by atoms with van der Waals surface area (Å²) in [5.41, 5.74) is 6.52. The number of hydrogen-bond acceptors (Lipinski definition) is 7. The summed E-state index contributed by atoms with van der Waals surface area (Å²) in [6.45, 7) is -0.250. The van der Waals surface area contributed by atoms with Crippen molar-refractivity contribution in [3.05, 3.63) is 52.9 Å². The fourth-order valence-corrected chi connectivity index (χ4v) is 3.29. The predicted molar refractivity (Wildman–Crippen MR) is 111 cm³/mol. The van der Waals surface area contributed by atoms with Crippen molar-refractivity contribution in [2.24, 2.45) is 10.7 Å². The number of carbonyl (C=O) groups excluding carboxylic acids is 2. The molecule has 1 aliphatic rings. The van der Waals surface area contributed by atoms with Crippen LogP contribution in [0.3, 0.4) is 0 Å². The van der Waals surface area contributed by atoms with E-state index >= 15 is 0 Å². The Hall–Kier alpha value is -3.46. The highest BCUT2D eigenvalue weighted by Crippen LogP contribution is 2.32. The first-order valence-electron chi connectivity index (χ1n) is 8.51. The number of amides is 2. The Morgan fingerprint density at radius 2 is 1.90 bits per heavy atom. The van der Waals surface area contributed by atoms with Gasteiger partial charge >= 0.3 is 0 Å². The fourth-order valence-electron chi connectivity index (χ4n) is 2.45. The van der Waals surface area contributed by atoms with Gasteiger partial charge in [0.25, 0.3) is 11.8 Å². The lowest BCUT2D eigenvalue weighted by Crippen LogP contribution is -2.20. The van der Waals surface area contributed by atoms with E-state index < -0.39 is 5.91 Å². The van der Waals surface area contributed by atoms with E-state index in [1.165, 1.54) is 18.9 Å². The number of benzene rings is 2. The summed E-state index contributed by atoms with van der Waals surface area (Å²) in [7, 11) is 3.08. The number of ether oxygens (including phenoxy) is 3. The molecule has 1 saturated heterocycles. The number of nitrogens with two attached hydrogens (primary N) is 1. The topological polar surface area (TPSA) is 112 Å². The van der Waals surface area contributed by atoms with Gasteiger partial charge in [0, 0.05) is 0 Å². The van der Waals surface area contributed by atoms with Crippen molar-refractivity contribution >= 4 is 40.5 Å². The molecule has 0 aromatic heterocycles. The number of aliphatic imine (C=N–C) groups is 1. The molecule has 150 valence electrons. The van der Waals surface area contributed by atoms with E-state index in [0.29, 0.717) is 27.3 Å². The molecule has 0 unspecified atom stereocenters. The van der Waals surface area contributed by atoms with Gasteiger partial charge in [-0.1, -0.05) is 6.07 Å². The summed E-state index contributed by atoms with van der Waals surface area (Å²) in [6.07, 6.45) is 1.72. The van der Waals surface area contributed by atoms with Crippen LogP contribution in [0.1, 0.15) is 5.56 Å². The van der Waals surface area contributed by atoms with Crippen LogP contribution in [0.5, 0.6) is 17.2 Å². The smallest absolute Gasteiger partial charge is 0.264 e. The molecular formula is C20H19N3O5S. The van der Waals surface area contributed by atoms with E-state index in [2.05, 4.69) is 10.3 Å². The van der Waals surface area contributed by atoms with Gasteiger partial charge in [-0.25, -0.2) is 4.99 Å². The minimum atomic E-state index is -0.582. The predicted octanol–water partition coefficient (Wildman–Crippen LogP) is 2.46. The Balaban J connectivity index is 1.76. The molecule has 3 rings (SSSR count). The number of nitrogens with zero attached hydrogens (tertiary/aromatic N) is 1. The Morgan fingerprint density at radius 1 is 1.14 bits per heavy atom. The van der Waals surface area contributed by atoms with Crippen LogP contribution in [0.2, 0.25) is 0 Å². The van der Waals surface area contributed by atoms with Crippen LogP contribution in [-0.4, -0.2) is 37.8 Å². The number of carbonyl (C=O) groups is 2. The molecule has 2 aromatic rings. The van der Waals surface area contributed by atoms with Gasteiger partial charge in [-0.05, 0) is 59.8 Å². The molecule has 1 fully saturated rings. The molecule has 1 aliphatic heterocycles. The highest BCUT2D eigenvalue weighted by molar-refractivity contribution is 8.18. The first-order valence-corrected chi connectivity index (χ1v) is 9.33. The summed E-state index contributed by atoms with van der Waals surface area (Å²) in [5.74, 6) is 0.723. The highest BCUT2D eigenvalue weighted by Gasteiger charge is 2.24. The molecule has 9 heteroatoms. The van der Waals surface area contributed by atoms with Crippen molar-refractivity contribution in [2.45, 2.75) is 0 Å². The lowest BCUT2D eigenvalue weighted by molar-refractivity contribution is -0.120. The molecule has 0 atom stereocenters. The standard InChI is InChI=1S/C20H19N3O5S/c1-26-14-6-4-13(5-7-14)22-20-23-19(25)17(29-20)10-12-3-8-15(16(9-12)27-2)28-11-18(21)24/h3-10H,11H2,1-2H3,(H2,21,24)(H,22,23,25)/b17-10+. The Labute approximate surface area is 171 Å².